The zero-order valence-corrected chi connectivity index (χ0v) is 16.0. The van der Waals surface area contributed by atoms with Gasteiger partial charge in [-0.3, -0.25) is 4.79 Å². The standard InChI is InChI=1S/C18H24N2O6S/c1-13-5-2-3-8-20(13)27(24,25)15-7-4-6-14(11-15)17(21)19-9-10-26-12-16(19)18(22)23/h4,6-7,11,13,16H,2-3,5,8-10,12H2,1H3,(H,22,23). The Bertz CT molecular complexity index is 825. The lowest BCUT2D eigenvalue weighted by Gasteiger charge is -2.33. The second-order valence-corrected chi connectivity index (χ2v) is 8.81. The van der Waals surface area contributed by atoms with E-state index < -0.39 is 27.9 Å². The smallest absolute Gasteiger partial charge is 0.328 e. The van der Waals surface area contributed by atoms with Gasteiger partial charge in [-0.1, -0.05) is 12.5 Å². The van der Waals surface area contributed by atoms with Crippen molar-refractivity contribution in [1.29, 1.82) is 0 Å². The van der Waals surface area contributed by atoms with E-state index in [-0.39, 0.29) is 36.3 Å². The van der Waals surface area contributed by atoms with Crippen LogP contribution in [-0.4, -0.2) is 73.0 Å². The van der Waals surface area contributed by atoms with Gasteiger partial charge in [0.05, 0.1) is 18.1 Å². The van der Waals surface area contributed by atoms with E-state index in [9.17, 15) is 23.1 Å². The normalized spacial score (nSPS) is 24.6. The van der Waals surface area contributed by atoms with Crippen LogP contribution in [0.3, 0.4) is 0 Å². The second-order valence-electron chi connectivity index (χ2n) is 6.92. The maximum absolute atomic E-state index is 13.0. The Morgan fingerprint density at radius 2 is 2.00 bits per heavy atom. The van der Waals surface area contributed by atoms with Crippen LogP contribution < -0.4 is 0 Å². The summed E-state index contributed by atoms with van der Waals surface area (Å²) in [5, 5.41) is 9.31. The van der Waals surface area contributed by atoms with Crippen molar-refractivity contribution < 1.29 is 27.9 Å². The summed E-state index contributed by atoms with van der Waals surface area (Å²) < 4.78 is 32.6. The molecule has 0 radical (unpaired) electrons. The molecule has 1 amide bonds. The highest BCUT2D eigenvalue weighted by molar-refractivity contribution is 7.89. The average molecular weight is 396 g/mol. The third-order valence-corrected chi connectivity index (χ3v) is 7.11. The van der Waals surface area contributed by atoms with Gasteiger partial charge in [0.25, 0.3) is 5.91 Å². The van der Waals surface area contributed by atoms with Gasteiger partial charge in [0.15, 0.2) is 6.04 Å². The van der Waals surface area contributed by atoms with Crippen molar-refractivity contribution in [3.8, 4) is 0 Å². The molecule has 148 valence electrons. The number of sulfonamides is 1. The summed E-state index contributed by atoms with van der Waals surface area (Å²) in [5.41, 5.74) is 0.161. The molecule has 2 fully saturated rings. The highest BCUT2D eigenvalue weighted by Crippen LogP contribution is 2.26. The zero-order chi connectivity index (χ0) is 19.6. The highest BCUT2D eigenvalue weighted by Gasteiger charge is 2.35. The summed E-state index contributed by atoms with van der Waals surface area (Å²) in [7, 11) is -3.71. The summed E-state index contributed by atoms with van der Waals surface area (Å²) in [6, 6.07) is 4.68. The van der Waals surface area contributed by atoms with E-state index in [1.165, 1.54) is 33.5 Å². The SMILES string of the molecule is CC1CCCCN1S(=O)(=O)c1cccc(C(=O)N2CCOCC2C(=O)O)c1. The first-order valence-corrected chi connectivity index (χ1v) is 10.5. The number of ether oxygens (including phenoxy) is 1. The van der Waals surface area contributed by atoms with E-state index >= 15 is 0 Å². The number of rotatable bonds is 4. The van der Waals surface area contributed by atoms with Crippen molar-refractivity contribution in [3.63, 3.8) is 0 Å². The summed E-state index contributed by atoms with van der Waals surface area (Å²) in [6.07, 6.45) is 2.63. The first kappa shape index (κ1) is 19.8. The fraction of sp³-hybridized carbons (Fsp3) is 0.556. The van der Waals surface area contributed by atoms with E-state index in [4.69, 9.17) is 4.74 Å². The van der Waals surface area contributed by atoms with Gasteiger partial charge in [-0.2, -0.15) is 4.31 Å². The minimum absolute atomic E-state index is 0.0576. The third kappa shape index (κ3) is 3.99. The van der Waals surface area contributed by atoms with Crippen LogP contribution in [0.25, 0.3) is 0 Å². The number of morpholine rings is 1. The minimum atomic E-state index is -3.71. The van der Waals surface area contributed by atoms with E-state index in [1.807, 2.05) is 6.92 Å². The molecule has 1 N–H and O–H groups in total. The van der Waals surface area contributed by atoms with E-state index in [2.05, 4.69) is 0 Å². The van der Waals surface area contributed by atoms with E-state index in [0.29, 0.717) is 6.54 Å². The number of nitrogens with zero attached hydrogens (tertiary/aromatic N) is 2. The molecule has 2 saturated heterocycles. The van der Waals surface area contributed by atoms with Crippen LogP contribution in [0.1, 0.15) is 36.5 Å². The van der Waals surface area contributed by atoms with Gasteiger partial charge in [-0.15, -0.1) is 0 Å². The van der Waals surface area contributed by atoms with Crippen molar-refractivity contribution in [3.05, 3.63) is 29.8 Å². The maximum Gasteiger partial charge on any atom is 0.328 e. The fourth-order valence-electron chi connectivity index (χ4n) is 3.57. The number of hydrogen-bond acceptors (Lipinski definition) is 5. The monoisotopic (exact) mass is 396 g/mol. The Kier molecular flexibility index (Phi) is 5.83. The predicted octanol–water partition coefficient (Wildman–Crippen LogP) is 1.18. The summed E-state index contributed by atoms with van der Waals surface area (Å²) in [4.78, 5) is 25.5. The van der Waals surface area contributed by atoms with Crippen LogP contribution in [0.15, 0.2) is 29.2 Å². The van der Waals surface area contributed by atoms with E-state index in [1.54, 1.807) is 0 Å². The topological polar surface area (TPSA) is 104 Å². The molecule has 27 heavy (non-hydrogen) atoms. The van der Waals surface area contributed by atoms with Crippen molar-refractivity contribution in [1.82, 2.24) is 9.21 Å². The predicted molar refractivity (Wildman–Crippen MR) is 96.9 cm³/mol. The van der Waals surface area contributed by atoms with Crippen LogP contribution in [0, 0.1) is 0 Å². The lowest BCUT2D eigenvalue weighted by atomic mass is 10.1. The number of carboxylic acid groups (broad SMARTS) is 1. The molecule has 2 atom stereocenters. The number of piperidine rings is 1. The van der Waals surface area contributed by atoms with Gasteiger partial charge < -0.3 is 14.7 Å². The number of aliphatic carboxylic acids is 1. The van der Waals surface area contributed by atoms with Gasteiger partial charge in [0.2, 0.25) is 10.0 Å². The fourth-order valence-corrected chi connectivity index (χ4v) is 5.32. The molecule has 3 rings (SSSR count). The molecule has 1 aromatic carbocycles. The number of hydrogen-bond donors (Lipinski definition) is 1. The molecule has 9 heteroatoms. The van der Waals surface area contributed by atoms with Gasteiger partial charge in [0, 0.05) is 24.7 Å². The molecular weight excluding hydrogens is 372 g/mol. The molecule has 0 aromatic heterocycles. The van der Waals surface area contributed by atoms with Crippen molar-refractivity contribution in [2.45, 2.75) is 43.2 Å². The average Bonchev–Trinajstić information content (AvgIpc) is 2.67. The largest absolute Gasteiger partial charge is 0.480 e. The molecule has 0 aliphatic carbocycles. The molecule has 0 spiro atoms. The first-order valence-electron chi connectivity index (χ1n) is 9.06. The Labute approximate surface area is 158 Å². The van der Waals surface area contributed by atoms with Crippen LogP contribution in [0.5, 0.6) is 0 Å². The Balaban J connectivity index is 1.88. The lowest BCUT2D eigenvalue weighted by Crippen LogP contribution is -2.52. The van der Waals surface area contributed by atoms with Crippen LogP contribution >= 0.6 is 0 Å². The zero-order valence-electron chi connectivity index (χ0n) is 15.2. The van der Waals surface area contributed by atoms with Gasteiger partial charge in [-0.25, -0.2) is 13.2 Å². The number of amides is 1. The number of benzene rings is 1. The lowest BCUT2D eigenvalue weighted by molar-refractivity contribution is -0.147. The third-order valence-electron chi connectivity index (χ3n) is 5.10. The molecule has 2 unspecified atom stereocenters. The highest BCUT2D eigenvalue weighted by atomic mass is 32.2. The van der Waals surface area contributed by atoms with Crippen LogP contribution in [0.4, 0.5) is 0 Å². The first-order chi connectivity index (χ1) is 12.8. The van der Waals surface area contributed by atoms with Crippen LogP contribution in [0.2, 0.25) is 0 Å². The van der Waals surface area contributed by atoms with Crippen molar-refractivity contribution in [2.24, 2.45) is 0 Å². The Morgan fingerprint density at radius 3 is 2.70 bits per heavy atom. The van der Waals surface area contributed by atoms with Crippen molar-refractivity contribution in [2.75, 3.05) is 26.3 Å². The summed E-state index contributed by atoms with van der Waals surface area (Å²) >= 11 is 0. The summed E-state index contributed by atoms with van der Waals surface area (Å²) in [6.45, 7) is 2.67. The molecule has 0 bridgehead atoms. The number of carboxylic acids is 1. The Hall–Kier alpha value is -1.97. The van der Waals surface area contributed by atoms with Gasteiger partial charge in [0.1, 0.15) is 0 Å². The quantitative estimate of drug-likeness (QED) is 0.819. The summed E-state index contributed by atoms with van der Waals surface area (Å²) in [5.74, 6) is -1.65. The molecule has 0 saturated carbocycles. The van der Waals surface area contributed by atoms with Gasteiger partial charge in [-0.05, 0) is 38.0 Å². The van der Waals surface area contributed by atoms with Crippen molar-refractivity contribution >= 4 is 21.9 Å². The van der Waals surface area contributed by atoms with E-state index in [0.717, 1.165) is 19.3 Å². The second kappa shape index (κ2) is 7.95. The number of carbonyl (C=O) groups excluding carboxylic acids is 1. The van der Waals surface area contributed by atoms with Gasteiger partial charge >= 0.3 is 5.97 Å². The molecule has 2 heterocycles. The molecule has 2 aliphatic heterocycles. The molecule has 1 aromatic rings. The molecule has 2 aliphatic rings. The number of carbonyl (C=O) groups is 2. The molecule has 8 nitrogen and oxygen atoms in total. The Morgan fingerprint density at radius 1 is 1.22 bits per heavy atom. The minimum Gasteiger partial charge on any atom is -0.480 e. The molecular formula is C18H24N2O6S. The van der Waals surface area contributed by atoms with Crippen LogP contribution in [-0.2, 0) is 19.6 Å². The maximum atomic E-state index is 13.0.